The largest absolute Gasteiger partial charge is 0.505 e. The number of rotatable bonds is 9. The Hall–Kier alpha value is -0.500. The van der Waals surface area contributed by atoms with Crippen molar-refractivity contribution in [2.75, 3.05) is 13.7 Å². The molecule has 2 saturated carbocycles. The summed E-state index contributed by atoms with van der Waals surface area (Å²) in [6.45, 7) is 3.22. The van der Waals surface area contributed by atoms with Crippen molar-refractivity contribution in [2.45, 2.75) is 64.4 Å². The molecule has 4 atom stereocenters. The van der Waals surface area contributed by atoms with Gasteiger partial charge >= 0.3 is 0 Å². The van der Waals surface area contributed by atoms with Crippen molar-refractivity contribution in [2.24, 2.45) is 17.8 Å². The van der Waals surface area contributed by atoms with Gasteiger partial charge in [-0.15, -0.1) is 0 Å². The molecule has 0 aromatic rings. The SMILES string of the molecule is CCCCCCCO[C@@H]1[C@@H]2CC[C@@H](C2)[C@@H]1C=COC. The Balaban J connectivity index is 1.70. The Kier molecular flexibility index (Phi) is 6.22. The van der Waals surface area contributed by atoms with Crippen LogP contribution in [0.3, 0.4) is 0 Å². The van der Waals surface area contributed by atoms with Gasteiger partial charge < -0.3 is 9.47 Å². The maximum absolute atomic E-state index is 6.22. The van der Waals surface area contributed by atoms with Gasteiger partial charge in [0, 0.05) is 12.5 Å². The molecule has 2 rings (SSSR count). The average molecular weight is 266 g/mol. The number of fused-ring (bicyclic) bond motifs is 2. The highest BCUT2D eigenvalue weighted by Gasteiger charge is 2.46. The van der Waals surface area contributed by atoms with Crippen molar-refractivity contribution in [3.8, 4) is 0 Å². The summed E-state index contributed by atoms with van der Waals surface area (Å²) in [6.07, 6.45) is 15.3. The zero-order chi connectivity index (χ0) is 13.5. The van der Waals surface area contributed by atoms with Gasteiger partial charge in [0.15, 0.2) is 0 Å². The predicted octanol–water partition coefficient (Wildman–Crippen LogP) is 4.55. The Morgan fingerprint density at radius 1 is 1.05 bits per heavy atom. The summed E-state index contributed by atoms with van der Waals surface area (Å²) in [7, 11) is 1.73. The lowest BCUT2D eigenvalue weighted by atomic mass is 9.86. The second-order valence-electron chi connectivity index (χ2n) is 6.22. The van der Waals surface area contributed by atoms with Crippen molar-refractivity contribution < 1.29 is 9.47 Å². The van der Waals surface area contributed by atoms with E-state index in [1.807, 2.05) is 6.26 Å². The molecule has 2 fully saturated rings. The lowest BCUT2D eigenvalue weighted by Crippen LogP contribution is -2.29. The van der Waals surface area contributed by atoms with Crippen molar-refractivity contribution >= 4 is 0 Å². The predicted molar refractivity (Wildman–Crippen MR) is 79.0 cm³/mol. The number of methoxy groups -OCH3 is 1. The van der Waals surface area contributed by atoms with E-state index in [4.69, 9.17) is 9.47 Å². The zero-order valence-electron chi connectivity index (χ0n) is 12.6. The van der Waals surface area contributed by atoms with E-state index in [1.54, 1.807) is 7.11 Å². The lowest BCUT2D eigenvalue weighted by molar-refractivity contribution is -0.00807. The van der Waals surface area contributed by atoms with Crippen molar-refractivity contribution in [3.63, 3.8) is 0 Å². The second kappa shape index (κ2) is 7.94. The molecule has 2 bridgehead atoms. The first kappa shape index (κ1) is 14.9. The highest BCUT2D eigenvalue weighted by molar-refractivity contribution is 5.05. The molecule has 2 heteroatoms. The van der Waals surface area contributed by atoms with Gasteiger partial charge in [0.05, 0.1) is 19.5 Å². The summed E-state index contributed by atoms with van der Waals surface area (Å²) >= 11 is 0. The minimum Gasteiger partial charge on any atom is -0.505 e. The van der Waals surface area contributed by atoms with Crippen LogP contribution >= 0.6 is 0 Å². The van der Waals surface area contributed by atoms with E-state index in [2.05, 4.69) is 13.0 Å². The fraction of sp³-hybridized carbons (Fsp3) is 0.882. The minimum absolute atomic E-state index is 0.469. The van der Waals surface area contributed by atoms with Crippen LogP contribution in [-0.2, 0) is 9.47 Å². The highest BCUT2D eigenvalue weighted by atomic mass is 16.5. The van der Waals surface area contributed by atoms with E-state index in [0.29, 0.717) is 12.0 Å². The molecule has 2 aliphatic rings. The molecule has 0 saturated heterocycles. The number of hydrogen-bond donors (Lipinski definition) is 0. The normalized spacial score (nSPS) is 33.4. The number of ether oxygens (including phenoxy) is 2. The third kappa shape index (κ3) is 3.98. The van der Waals surface area contributed by atoms with Gasteiger partial charge in [0.1, 0.15) is 0 Å². The highest BCUT2D eigenvalue weighted by Crippen LogP contribution is 2.50. The zero-order valence-corrected chi connectivity index (χ0v) is 12.6. The van der Waals surface area contributed by atoms with Gasteiger partial charge in [-0.2, -0.15) is 0 Å². The first-order valence-electron chi connectivity index (χ1n) is 8.18. The van der Waals surface area contributed by atoms with E-state index >= 15 is 0 Å². The molecule has 0 aromatic heterocycles. The van der Waals surface area contributed by atoms with Gasteiger partial charge in [0.2, 0.25) is 0 Å². The fourth-order valence-corrected chi connectivity index (χ4v) is 3.89. The van der Waals surface area contributed by atoms with Crippen LogP contribution in [0.15, 0.2) is 12.3 Å². The molecule has 0 unspecified atom stereocenters. The summed E-state index contributed by atoms with van der Waals surface area (Å²) < 4.78 is 11.3. The molecule has 0 spiro atoms. The number of hydrogen-bond acceptors (Lipinski definition) is 2. The van der Waals surface area contributed by atoms with Crippen molar-refractivity contribution in [1.29, 1.82) is 0 Å². The molecule has 19 heavy (non-hydrogen) atoms. The van der Waals surface area contributed by atoms with Crippen LogP contribution < -0.4 is 0 Å². The fourth-order valence-electron chi connectivity index (χ4n) is 3.89. The molecule has 0 amide bonds. The molecule has 110 valence electrons. The molecular weight excluding hydrogens is 236 g/mol. The van der Waals surface area contributed by atoms with Crippen LogP contribution in [0.2, 0.25) is 0 Å². The molecule has 0 radical (unpaired) electrons. The quantitative estimate of drug-likeness (QED) is 0.450. The van der Waals surface area contributed by atoms with E-state index < -0.39 is 0 Å². The monoisotopic (exact) mass is 266 g/mol. The third-order valence-electron chi connectivity index (χ3n) is 4.90. The summed E-state index contributed by atoms with van der Waals surface area (Å²) in [5, 5.41) is 0. The van der Waals surface area contributed by atoms with Crippen molar-refractivity contribution in [1.82, 2.24) is 0 Å². The summed E-state index contributed by atoms with van der Waals surface area (Å²) in [4.78, 5) is 0. The Bertz CT molecular complexity index is 274. The Morgan fingerprint density at radius 2 is 1.84 bits per heavy atom. The standard InChI is InChI=1S/C17H30O2/c1-3-4-5-6-7-11-19-17-15-9-8-14(13-15)16(17)10-12-18-2/h10,12,14-17H,3-9,11,13H2,1-2H3/t14-,15+,16-,17+/m0/s1. The van der Waals surface area contributed by atoms with Gasteiger partial charge in [-0.05, 0) is 43.6 Å². The van der Waals surface area contributed by atoms with E-state index in [0.717, 1.165) is 18.4 Å². The molecular formula is C17H30O2. The summed E-state index contributed by atoms with van der Waals surface area (Å²) in [5.41, 5.74) is 0. The summed E-state index contributed by atoms with van der Waals surface area (Å²) in [5.74, 6) is 2.27. The molecule has 2 nitrogen and oxygen atoms in total. The van der Waals surface area contributed by atoms with Crippen LogP contribution in [0.1, 0.15) is 58.3 Å². The van der Waals surface area contributed by atoms with Gasteiger partial charge in [-0.25, -0.2) is 0 Å². The van der Waals surface area contributed by atoms with E-state index in [1.165, 1.54) is 51.4 Å². The Labute approximate surface area is 118 Å². The average Bonchev–Trinajstić information content (AvgIpc) is 3.01. The summed E-state index contributed by atoms with van der Waals surface area (Å²) in [6, 6.07) is 0. The van der Waals surface area contributed by atoms with Gasteiger partial charge in [-0.1, -0.05) is 32.6 Å². The maximum Gasteiger partial charge on any atom is 0.0788 e. The van der Waals surface area contributed by atoms with Gasteiger partial charge in [-0.3, -0.25) is 0 Å². The van der Waals surface area contributed by atoms with Crippen LogP contribution in [0.4, 0.5) is 0 Å². The molecule has 0 aliphatic heterocycles. The van der Waals surface area contributed by atoms with Crippen molar-refractivity contribution in [3.05, 3.63) is 12.3 Å². The Morgan fingerprint density at radius 3 is 2.63 bits per heavy atom. The molecule has 0 heterocycles. The maximum atomic E-state index is 6.22. The first-order valence-corrected chi connectivity index (χ1v) is 8.18. The van der Waals surface area contributed by atoms with Crippen LogP contribution in [0.25, 0.3) is 0 Å². The second-order valence-corrected chi connectivity index (χ2v) is 6.22. The molecule has 0 N–H and O–H groups in total. The smallest absolute Gasteiger partial charge is 0.0788 e. The van der Waals surface area contributed by atoms with Crippen LogP contribution in [0.5, 0.6) is 0 Å². The lowest BCUT2D eigenvalue weighted by Gasteiger charge is -2.29. The third-order valence-corrected chi connectivity index (χ3v) is 4.90. The van der Waals surface area contributed by atoms with E-state index in [-0.39, 0.29) is 0 Å². The van der Waals surface area contributed by atoms with Gasteiger partial charge in [0.25, 0.3) is 0 Å². The molecule has 0 aromatic carbocycles. The van der Waals surface area contributed by atoms with Crippen LogP contribution in [-0.4, -0.2) is 19.8 Å². The van der Waals surface area contributed by atoms with E-state index in [9.17, 15) is 0 Å². The first-order chi connectivity index (χ1) is 9.36. The molecule has 2 aliphatic carbocycles. The number of unbranched alkanes of at least 4 members (excludes halogenated alkanes) is 4. The van der Waals surface area contributed by atoms with Crippen LogP contribution in [0, 0.1) is 17.8 Å². The minimum atomic E-state index is 0.469. The topological polar surface area (TPSA) is 18.5 Å².